The number of methoxy groups -OCH3 is 2. The zero-order valence-electron chi connectivity index (χ0n) is 24.6. The maximum atomic E-state index is 13.3. The molecule has 1 fully saturated rings. The summed E-state index contributed by atoms with van der Waals surface area (Å²) in [4.78, 5) is 13.7. The quantitative estimate of drug-likeness (QED) is 0.908. The minimum Gasteiger partial charge on any atom is -0.493 e. The number of nitrogens with zero attached hydrogens (tertiary/aromatic N) is 1. The zero-order chi connectivity index (χ0) is 27.2. The van der Waals surface area contributed by atoms with Crippen LogP contribution in [0.5, 0.6) is 11.5 Å². The Bertz CT molecular complexity index is 1040. The van der Waals surface area contributed by atoms with Gasteiger partial charge in [-0.2, -0.15) is 0 Å². The van der Waals surface area contributed by atoms with Gasteiger partial charge >= 0.3 is 0 Å². The Labute approximate surface area is 159 Å². The van der Waals surface area contributed by atoms with Gasteiger partial charge in [-0.25, -0.2) is 0 Å². The second-order valence-electron chi connectivity index (χ2n) is 5.87. The van der Waals surface area contributed by atoms with Crippen LogP contribution in [-0.2, 0) is 11.2 Å². The topological polar surface area (TPSA) is 59.0 Å². The second kappa shape index (κ2) is 6.37. The fourth-order valence-corrected chi connectivity index (χ4v) is 2.85. The molecule has 0 aliphatic carbocycles. The molecule has 2 aliphatic rings. The molecular formula is C19H27NO4. The summed E-state index contributed by atoms with van der Waals surface area (Å²) in [6.45, 7) is -9.10. The minimum absolute atomic E-state index is 0.0431. The maximum absolute atomic E-state index is 13.3. The van der Waals surface area contributed by atoms with E-state index in [2.05, 4.69) is 0 Å². The Kier molecular flexibility index (Phi) is 2.18. The minimum atomic E-state index is -3.38. The van der Waals surface area contributed by atoms with Gasteiger partial charge in [-0.15, -0.1) is 0 Å². The highest BCUT2D eigenvalue weighted by Gasteiger charge is 2.40. The summed E-state index contributed by atoms with van der Waals surface area (Å²) in [6, 6.07) is 1.15. The molecule has 3 atom stereocenters. The van der Waals surface area contributed by atoms with Gasteiger partial charge in [-0.05, 0) is 49.8 Å². The van der Waals surface area contributed by atoms with E-state index in [1.807, 2.05) is 0 Å². The van der Waals surface area contributed by atoms with Gasteiger partial charge in [0.2, 0.25) is 0 Å². The average Bonchev–Trinajstić information content (AvgIpc) is 2.68. The Morgan fingerprint density at radius 2 is 2.17 bits per heavy atom. The number of hydrogen-bond acceptors (Lipinski definition) is 5. The van der Waals surface area contributed by atoms with Crippen LogP contribution in [0.4, 0.5) is 0 Å². The molecule has 2 heterocycles. The predicted octanol–water partition coefficient (Wildman–Crippen LogP) is 2.35. The summed E-state index contributed by atoms with van der Waals surface area (Å²) in [5.41, 5.74) is -3.33. The molecule has 1 unspecified atom stereocenters. The Hall–Kier alpha value is -1.59. The van der Waals surface area contributed by atoms with E-state index in [9.17, 15) is 9.90 Å². The Morgan fingerprint density at radius 3 is 2.83 bits per heavy atom. The molecular weight excluding hydrogens is 306 g/mol. The SMILES string of the molecule is [2H]C1([2H])[C@H](C([2H])([2H])C(C)(O)C([2H])([2H])[2H])C(=O)C[C@H]2c3cc(OC)c(OC)cc3C([2H])([2H])C([2H])([2H])N21. The number of piperidine rings is 1. The van der Waals surface area contributed by atoms with Crippen molar-refractivity contribution < 1.29 is 34.5 Å². The summed E-state index contributed by atoms with van der Waals surface area (Å²) in [7, 11) is 2.61. The van der Waals surface area contributed by atoms with Crippen molar-refractivity contribution in [3.05, 3.63) is 23.3 Å². The van der Waals surface area contributed by atoms with Crippen molar-refractivity contribution in [2.24, 2.45) is 5.92 Å². The Morgan fingerprint density at radius 1 is 1.46 bits per heavy atom. The van der Waals surface area contributed by atoms with Crippen LogP contribution in [0.25, 0.3) is 0 Å². The highest BCUT2D eigenvalue weighted by molar-refractivity contribution is 5.83. The summed E-state index contributed by atoms with van der Waals surface area (Å²) in [5.74, 6) is -3.31. The van der Waals surface area contributed by atoms with Gasteiger partial charge < -0.3 is 14.6 Å². The van der Waals surface area contributed by atoms with E-state index < -0.39 is 62.4 Å². The van der Waals surface area contributed by atoms with Crippen LogP contribution in [0, 0.1) is 5.92 Å². The van der Waals surface area contributed by atoms with Crippen LogP contribution < -0.4 is 9.47 Å². The molecule has 1 aromatic carbocycles. The van der Waals surface area contributed by atoms with Crippen molar-refractivity contribution in [1.29, 1.82) is 0 Å². The summed E-state index contributed by atoms with van der Waals surface area (Å²) >= 11 is 0. The number of ketones is 1. The third kappa shape index (κ3) is 3.28. The second-order valence-corrected chi connectivity index (χ2v) is 5.87. The lowest BCUT2D eigenvalue weighted by molar-refractivity contribution is -0.131. The number of benzene rings is 1. The molecule has 2 aliphatic heterocycles. The first kappa shape index (κ1) is 8.19. The molecule has 0 aromatic heterocycles. The predicted molar refractivity (Wildman–Crippen MR) is 91.6 cm³/mol. The van der Waals surface area contributed by atoms with Gasteiger partial charge in [0.05, 0.1) is 19.8 Å². The third-order valence-corrected chi connectivity index (χ3v) is 3.95. The van der Waals surface area contributed by atoms with Crippen molar-refractivity contribution in [1.82, 2.24) is 4.90 Å². The number of hydrogen-bond donors (Lipinski definition) is 1. The summed E-state index contributed by atoms with van der Waals surface area (Å²) in [5, 5.41) is 10.6. The molecule has 3 rings (SSSR count). The van der Waals surface area contributed by atoms with E-state index in [1.165, 1.54) is 26.4 Å². The average molecular weight is 344 g/mol. The van der Waals surface area contributed by atoms with Crippen LogP contribution in [0.2, 0.25) is 0 Å². The standard InChI is InChI=1S/C19H27NO4/c1-19(2,22)10-13-11-20-6-5-12-7-17(23-3)18(24-4)8-14(12)15(20)9-16(13)21/h7-8,13,15,22H,5-6,9-11H2,1-4H3/t13-,15-/m0/s1/i1D3,5D2,6D2,10D2,11D2/t13-,15-,19?. The first-order valence-corrected chi connectivity index (χ1v) is 7.43. The number of fused-ring (bicyclic) bond motifs is 3. The number of ether oxygens (including phenoxy) is 2. The van der Waals surface area contributed by atoms with Gasteiger partial charge in [0.1, 0.15) is 5.78 Å². The summed E-state index contributed by atoms with van der Waals surface area (Å²) in [6.07, 6.45) is -6.93. The monoisotopic (exact) mass is 344 g/mol. The molecule has 5 nitrogen and oxygen atoms in total. The van der Waals surface area contributed by atoms with E-state index in [4.69, 9.17) is 24.6 Å². The number of rotatable bonds is 4. The van der Waals surface area contributed by atoms with Crippen LogP contribution in [0.1, 0.15) is 58.8 Å². The van der Waals surface area contributed by atoms with Crippen molar-refractivity contribution in [3.63, 3.8) is 0 Å². The number of aliphatic hydroxyl groups is 1. The number of carbonyl (C=O) groups is 1. The maximum Gasteiger partial charge on any atom is 0.161 e. The molecule has 0 saturated carbocycles. The van der Waals surface area contributed by atoms with Crippen molar-refractivity contribution in [2.75, 3.05) is 27.2 Å². The van der Waals surface area contributed by atoms with Gasteiger partial charge in [0, 0.05) is 46.5 Å². The van der Waals surface area contributed by atoms with E-state index in [0.29, 0.717) is 11.8 Å². The number of Topliss-reactive ketones (excluding diaryl/α,β-unsaturated/α-hetero) is 1. The van der Waals surface area contributed by atoms with Gasteiger partial charge in [-0.3, -0.25) is 9.69 Å². The van der Waals surface area contributed by atoms with Crippen LogP contribution in [0.3, 0.4) is 0 Å². The lowest BCUT2D eigenvalue weighted by Gasteiger charge is -2.44. The fourth-order valence-electron chi connectivity index (χ4n) is 2.85. The molecule has 0 radical (unpaired) electrons. The van der Waals surface area contributed by atoms with E-state index in [0.717, 1.165) is 0 Å². The first-order valence-electron chi connectivity index (χ1n) is 12.9. The molecule has 1 aromatic rings. The lowest BCUT2D eigenvalue weighted by Crippen LogP contribution is -2.47. The number of carbonyl (C=O) groups excluding carboxylic acids is 1. The fraction of sp³-hybridized carbons (Fsp3) is 0.632. The van der Waals surface area contributed by atoms with Crippen LogP contribution >= 0.6 is 0 Å². The van der Waals surface area contributed by atoms with Crippen LogP contribution in [-0.4, -0.2) is 48.6 Å². The molecule has 0 bridgehead atoms. The normalized spacial score (nSPS) is 40.5. The molecule has 132 valence electrons. The highest BCUT2D eigenvalue weighted by atomic mass is 16.5. The zero-order valence-corrected chi connectivity index (χ0v) is 13.6. The van der Waals surface area contributed by atoms with Gasteiger partial charge in [0.15, 0.2) is 11.5 Å². The molecule has 24 heavy (non-hydrogen) atoms. The molecule has 1 saturated heterocycles. The Balaban J connectivity index is 2.30. The molecule has 0 spiro atoms. The van der Waals surface area contributed by atoms with E-state index >= 15 is 0 Å². The molecule has 1 N–H and O–H groups in total. The van der Waals surface area contributed by atoms with Crippen molar-refractivity contribution in [3.8, 4) is 11.5 Å². The van der Waals surface area contributed by atoms with Crippen molar-refractivity contribution in [2.45, 2.75) is 44.6 Å². The van der Waals surface area contributed by atoms with E-state index in [-0.39, 0.29) is 22.6 Å². The number of aryl methyl sites for hydroxylation is 1. The molecule has 0 amide bonds. The van der Waals surface area contributed by atoms with Gasteiger partial charge in [-0.1, -0.05) is 0 Å². The van der Waals surface area contributed by atoms with Crippen molar-refractivity contribution >= 4 is 5.78 Å². The largest absolute Gasteiger partial charge is 0.493 e. The smallest absolute Gasteiger partial charge is 0.161 e. The highest BCUT2D eigenvalue weighted by Crippen LogP contribution is 2.42. The lowest BCUT2D eigenvalue weighted by atomic mass is 9.79. The van der Waals surface area contributed by atoms with Crippen LogP contribution in [0.15, 0.2) is 12.1 Å². The van der Waals surface area contributed by atoms with E-state index in [1.54, 1.807) is 0 Å². The third-order valence-electron chi connectivity index (χ3n) is 3.95. The first-order chi connectivity index (χ1) is 15.6. The summed E-state index contributed by atoms with van der Waals surface area (Å²) < 4.78 is 102. The van der Waals surface area contributed by atoms with Gasteiger partial charge in [0.25, 0.3) is 0 Å². The molecule has 5 heteroatoms.